The third-order valence-corrected chi connectivity index (χ3v) is 3.10. The molecule has 2 rings (SSSR count). The lowest BCUT2D eigenvalue weighted by atomic mass is 9.95. The first-order valence-corrected chi connectivity index (χ1v) is 5.88. The summed E-state index contributed by atoms with van der Waals surface area (Å²) >= 11 is 0. The van der Waals surface area contributed by atoms with Crippen LogP contribution in [0.3, 0.4) is 0 Å². The molecule has 0 aliphatic rings. The lowest BCUT2D eigenvalue weighted by Gasteiger charge is -2.16. The molecule has 0 heterocycles. The summed E-state index contributed by atoms with van der Waals surface area (Å²) in [6, 6.07) is 8.46. The summed E-state index contributed by atoms with van der Waals surface area (Å²) in [7, 11) is 1.40. The maximum atomic E-state index is 13.7. The van der Waals surface area contributed by atoms with Crippen molar-refractivity contribution in [3.63, 3.8) is 0 Å². The summed E-state index contributed by atoms with van der Waals surface area (Å²) in [6.07, 6.45) is 0. The molecule has 0 aliphatic heterocycles. The van der Waals surface area contributed by atoms with Crippen LogP contribution in [0.2, 0.25) is 0 Å². The van der Waals surface area contributed by atoms with Gasteiger partial charge in [-0.05, 0) is 47.9 Å². The van der Waals surface area contributed by atoms with E-state index in [9.17, 15) is 8.78 Å². The highest BCUT2D eigenvalue weighted by Gasteiger charge is 2.14. The third kappa shape index (κ3) is 2.74. The maximum absolute atomic E-state index is 13.7. The van der Waals surface area contributed by atoms with E-state index in [0.29, 0.717) is 5.56 Å². The normalized spacial score (nSPS) is 12.3. The standard InChI is InChI=1S/C15H15F2NO/c1-9-7-11(16)4-5-12(9)15(18)10-3-6-14(19-2)13(17)8-10/h3-8,15H,18H2,1-2H3. The molecule has 0 radical (unpaired) electrons. The summed E-state index contributed by atoms with van der Waals surface area (Å²) in [5, 5.41) is 0. The van der Waals surface area contributed by atoms with Gasteiger partial charge in [-0.2, -0.15) is 0 Å². The first kappa shape index (κ1) is 13.5. The molecule has 2 N–H and O–H groups in total. The number of halogens is 2. The van der Waals surface area contributed by atoms with Crippen molar-refractivity contribution >= 4 is 0 Å². The Labute approximate surface area is 110 Å². The minimum atomic E-state index is -0.499. The van der Waals surface area contributed by atoms with Crippen LogP contribution in [0.4, 0.5) is 8.78 Å². The second kappa shape index (κ2) is 5.36. The van der Waals surface area contributed by atoms with E-state index >= 15 is 0 Å². The molecule has 19 heavy (non-hydrogen) atoms. The zero-order valence-electron chi connectivity index (χ0n) is 10.8. The van der Waals surface area contributed by atoms with Crippen molar-refractivity contribution in [2.75, 3.05) is 7.11 Å². The van der Waals surface area contributed by atoms with Gasteiger partial charge in [-0.15, -0.1) is 0 Å². The monoisotopic (exact) mass is 263 g/mol. The molecule has 2 aromatic carbocycles. The predicted octanol–water partition coefficient (Wildman–Crippen LogP) is 3.33. The zero-order valence-corrected chi connectivity index (χ0v) is 10.8. The van der Waals surface area contributed by atoms with Gasteiger partial charge < -0.3 is 10.5 Å². The van der Waals surface area contributed by atoms with E-state index in [1.54, 1.807) is 19.1 Å². The van der Waals surface area contributed by atoms with Crippen LogP contribution in [0.25, 0.3) is 0 Å². The first-order chi connectivity index (χ1) is 9.02. The van der Waals surface area contributed by atoms with Gasteiger partial charge in [0.15, 0.2) is 11.6 Å². The van der Waals surface area contributed by atoms with Crippen molar-refractivity contribution < 1.29 is 13.5 Å². The van der Waals surface area contributed by atoms with E-state index in [1.165, 1.54) is 31.4 Å². The molecule has 0 amide bonds. The highest BCUT2D eigenvalue weighted by molar-refractivity contribution is 5.39. The molecule has 0 saturated heterocycles. The largest absolute Gasteiger partial charge is 0.494 e. The molecule has 2 aromatic rings. The van der Waals surface area contributed by atoms with Gasteiger partial charge in [-0.25, -0.2) is 8.78 Å². The SMILES string of the molecule is COc1ccc(C(N)c2ccc(F)cc2C)cc1F. The Morgan fingerprint density at radius 1 is 1.11 bits per heavy atom. The first-order valence-electron chi connectivity index (χ1n) is 5.88. The summed E-state index contributed by atoms with van der Waals surface area (Å²) in [5.74, 6) is -0.601. The molecule has 1 unspecified atom stereocenters. The van der Waals surface area contributed by atoms with E-state index in [1.807, 2.05) is 0 Å². The molecular weight excluding hydrogens is 248 g/mol. The van der Waals surface area contributed by atoms with Gasteiger partial charge in [-0.1, -0.05) is 12.1 Å². The number of benzene rings is 2. The van der Waals surface area contributed by atoms with E-state index in [2.05, 4.69) is 0 Å². The van der Waals surface area contributed by atoms with Crippen molar-refractivity contribution in [3.8, 4) is 5.75 Å². The Morgan fingerprint density at radius 3 is 2.42 bits per heavy atom. The van der Waals surface area contributed by atoms with Crippen LogP contribution in [-0.4, -0.2) is 7.11 Å². The van der Waals surface area contributed by atoms with Crippen molar-refractivity contribution in [3.05, 3.63) is 64.7 Å². The molecule has 0 spiro atoms. The minimum absolute atomic E-state index is 0.173. The second-order valence-corrected chi connectivity index (χ2v) is 4.37. The number of methoxy groups -OCH3 is 1. The van der Waals surface area contributed by atoms with Crippen LogP contribution in [0.1, 0.15) is 22.7 Å². The highest BCUT2D eigenvalue weighted by Crippen LogP contribution is 2.26. The third-order valence-electron chi connectivity index (χ3n) is 3.10. The topological polar surface area (TPSA) is 35.2 Å². The van der Waals surface area contributed by atoms with Gasteiger partial charge in [0.25, 0.3) is 0 Å². The van der Waals surface area contributed by atoms with Crippen molar-refractivity contribution in [2.24, 2.45) is 5.73 Å². The molecule has 0 fully saturated rings. The van der Waals surface area contributed by atoms with Crippen LogP contribution >= 0.6 is 0 Å². The lowest BCUT2D eigenvalue weighted by Crippen LogP contribution is -2.13. The number of hydrogen-bond donors (Lipinski definition) is 1. The highest BCUT2D eigenvalue weighted by atomic mass is 19.1. The van der Waals surface area contributed by atoms with Crippen molar-refractivity contribution in [1.29, 1.82) is 0 Å². The fourth-order valence-corrected chi connectivity index (χ4v) is 2.04. The summed E-state index contributed by atoms with van der Waals surface area (Å²) in [5.41, 5.74) is 8.23. The summed E-state index contributed by atoms with van der Waals surface area (Å²) in [4.78, 5) is 0. The number of aryl methyl sites for hydroxylation is 1. The Kier molecular flexibility index (Phi) is 3.81. The van der Waals surface area contributed by atoms with Crippen LogP contribution in [-0.2, 0) is 0 Å². The van der Waals surface area contributed by atoms with E-state index in [4.69, 9.17) is 10.5 Å². The molecule has 0 saturated carbocycles. The molecule has 0 aliphatic carbocycles. The van der Waals surface area contributed by atoms with E-state index in [-0.39, 0.29) is 11.6 Å². The smallest absolute Gasteiger partial charge is 0.165 e. The van der Waals surface area contributed by atoms with Crippen molar-refractivity contribution in [2.45, 2.75) is 13.0 Å². The summed E-state index contributed by atoms with van der Waals surface area (Å²) in [6.45, 7) is 1.78. The molecule has 100 valence electrons. The van der Waals surface area contributed by atoms with E-state index in [0.717, 1.165) is 11.1 Å². The predicted molar refractivity (Wildman–Crippen MR) is 70.1 cm³/mol. The quantitative estimate of drug-likeness (QED) is 0.921. The number of hydrogen-bond acceptors (Lipinski definition) is 2. The second-order valence-electron chi connectivity index (χ2n) is 4.37. The molecular formula is C15H15F2NO. The van der Waals surface area contributed by atoms with Gasteiger partial charge in [0.1, 0.15) is 5.82 Å². The minimum Gasteiger partial charge on any atom is -0.494 e. The average molecular weight is 263 g/mol. The Hall–Kier alpha value is -1.94. The lowest BCUT2D eigenvalue weighted by molar-refractivity contribution is 0.386. The molecule has 4 heteroatoms. The van der Waals surface area contributed by atoms with E-state index < -0.39 is 11.9 Å². The Morgan fingerprint density at radius 2 is 1.84 bits per heavy atom. The van der Waals surface area contributed by atoms with Gasteiger partial charge in [0.05, 0.1) is 13.2 Å². The number of ether oxygens (including phenoxy) is 1. The Balaban J connectivity index is 2.38. The fourth-order valence-electron chi connectivity index (χ4n) is 2.04. The van der Waals surface area contributed by atoms with Crippen LogP contribution < -0.4 is 10.5 Å². The van der Waals surface area contributed by atoms with Gasteiger partial charge >= 0.3 is 0 Å². The maximum Gasteiger partial charge on any atom is 0.165 e. The molecule has 2 nitrogen and oxygen atoms in total. The molecule has 0 bridgehead atoms. The zero-order chi connectivity index (χ0) is 14.0. The van der Waals surface area contributed by atoms with Crippen LogP contribution in [0.5, 0.6) is 5.75 Å². The number of rotatable bonds is 3. The Bertz CT molecular complexity index is 599. The fraction of sp³-hybridized carbons (Fsp3) is 0.200. The van der Waals surface area contributed by atoms with Gasteiger partial charge in [0, 0.05) is 0 Å². The van der Waals surface area contributed by atoms with Gasteiger partial charge in [-0.3, -0.25) is 0 Å². The van der Waals surface area contributed by atoms with Crippen molar-refractivity contribution in [1.82, 2.24) is 0 Å². The van der Waals surface area contributed by atoms with Gasteiger partial charge in [0.2, 0.25) is 0 Å². The molecule has 1 atom stereocenters. The summed E-state index contributed by atoms with van der Waals surface area (Å²) < 4.78 is 31.6. The molecule has 0 aromatic heterocycles. The average Bonchev–Trinajstić information content (AvgIpc) is 2.38. The number of nitrogens with two attached hydrogens (primary N) is 1. The van der Waals surface area contributed by atoms with Crippen LogP contribution in [0, 0.1) is 18.6 Å². The van der Waals surface area contributed by atoms with Crippen LogP contribution in [0.15, 0.2) is 36.4 Å².